The topological polar surface area (TPSA) is 69.8 Å². The van der Waals surface area contributed by atoms with Crippen LogP contribution < -0.4 is 10.6 Å². The first-order valence-electron chi connectivity index (χ1n) is 5.69. The normalized spacial score (nSPS) is 12.4. The highest BCUT2D eigenvalue weighted by Crippen LogP contribution is 2.15. The Morgan fingerprint density at radius 2 is 2.24 bits per heavy atom. The van der Waals surface area contributed by atoms with Gasteiger partial charge in [-0.15, -0.1) is 0 Å². The number of aromatic amines is 1. The molecule has 0 aliphatic carbocycles. The van der Waals surface area contributed by atoms with Gasteiger partial charge in [0.25, 0.3) is 0 Å². The van der Waals surface area contributed by atoms with Crippen LogP contribution in [-0.4, -0.2) is 22.5 Å². The van der Waals surface area contributed by atoms with E-state index >= 15 is 0 Å². The molecule has 5 heteroatoms. The Hall–Kier alpha value is -2.04. The van der Waals surface area contributed by atoms with E-state index < -0.39 is 0 Å². The molecular weight excluding hydrogens is 216 g/mol. The summed E-state index contributed by atoms with van der Waals surface area (Å²) in [5, 5.41) is 5.50. The molecule has 0 spiro atoms. The first-order valence-corrected chi connectivity index (χ1v) is 5.69. The fourth-order valence-corrected chi connectivity index (χ4v) is 1.65. The summed E-state index contributed by atoms with van der Waals surface area (Å²) in [6, 6.07) is 7.47. The first-order chi connectivity index (χ1) is 8.20. The minimum absolute atomic E-state index is 0.144. The van der Waals surface area contributed by atoms with Crippen LogP contribution >= 0.6 is 0 Å². The van der Waals surface area contributed by atoms with Crippen LogP contribution in [0.3, 0.4) is 0 Å². The largest absolute Gasteiger partial charge is 0.340 e. The molecule has 1 heterocycles. The second-order valence-electron chi connectivity index (χ2n) is 3.86. The molecule has 5 nitrogen and oxygen atoms in total. The number of hydrogen-bond donors (Lipinski definition) is 3. The molecule has 1 atom stereocenters. The fraction of sp³-hybridized carbons (Fsp3) is 0.333. The number of carbonyl (C=O) groups is 1. The van der Waals surface area contributed by atoms with Gasteiger partial charge in [-0.2, -0.15) is 0 Å². The fourth-order valence-electron chi connectivity index (χ4n) is 1.65. The van der Waals surface area contributed by atoms with Crippen molar-refractivity contribution in [2.24, 2.45) is 0 Å². The van der Waals surface area contributed by atoms with Crippen molar-refractivity contribution in [2.45, 2.75) is 19.9 Å². The molecule has 17 heavy (non-hydrogen) atoms. The molecule has 0 bridgehead atoms. The molecule has 2 rings (SSSR count). The number of nitrogens with zero attached hydrogens (tertiary/aromatic N) is 1. The minimum atomic E-state index is -0.180. The zero-order chi connectivity index (χ0) is 12.3. The molecule has 1 unspecified atom stereocenters. The molecule has 2 aromatic rings. The number of H-pyrrole nitrogens is 1. The number of aromatic nitrogens is 2. The van der Waals surface area contributed by atoms with Crippen molar-refractivity contribution >= 4 is 17.1 Å². The van der Waals surface area contributed by atoms with Gasteiger partial charge >= 0.3 is 6.03 Å². The number of fused-ring (bicyclic) bond motifs is 1. The summed E-state index contributed by atoms with van der Waals surface area (Å²) in [5.41, 5.74) is 1.89. The molecule has 0 saturated carbocycles. The monoisotopic (exact) mass is 232 g/mol. The van der Waals surface area contributed by atoms with E-state index in [0.29, 0.717) is 6.54 Å². The summed E-state index contributed by atoms with van der Waals surface area (Å²) in [6.07, 6.45) is 0. The maximum atomic E-state index is 11.4. The van der Waals surface area contributed by atoms with Gasteiger partial charge in [0.05, 0.1) is 17.1 Å². The maximum Gasteiger partial charge on any atom is 0.315 e. The zero-order valence-electron chi connectivity index (χ0n) is 9.95. The first kappa shape index (κ1) is 11.4. The van der Waals surface area contributed by atoms with Crippen LogP contribution in [0.4, 0.5) is 4.79 Å². The predicted molar refractivity (Wildman–Crippen MR) is 66.7 cm³/mol. The summed E-state index contributed by atoms with van der Waals surface area (Å²) in [5.74, 6) is 0.762. The lowest BCUT2D eigenvalue weighted by Crippen LogP contribution is -2.37. The summed E-state index contributed by atoms with van der Waals surface area (Å²) >= 11 is 0. The van der Waals surface area contributed by atoms with E-state index in [1.54, 1.807) is 0 Å². The van der Waals surface area contributed by atoms with Crippen LogP contribution in [0.15, 0.2) is 24.3 Å². The number of amides is 2. The highest BCUT2D eigenvalue weighted by molar-refractivity contribution is 5.76. The second-order valence-corrected chi connectivity index (χ2v) is 3.86. The van der Waals surface area contributed by atoms with Crippen LogP contribution in [0.5, 0.6) is 0 Å². The van der Waals surface area contributed by atoms with E-state index in [4.69, 9.17) is 0 Å². The average Bonchev–Trinajstić information content (AvgIpc) is 2.72. The smallest absolute Gasteiger partial charge is 0.315 e. The summed E-state index contributed by atoms with van der Waals surface area (Å²) < 4.78 is 0. The van der Waals surface area contributed by atoms with Crippen LogP contribution in [0.1, 0.15) is 25.7 Å². The Balaban J connectivity index is 2.13. The van der Waals surface area contributed by atoms with Crippen LogP contribution in [0, 0.1) is 0 Å². The van der Waals surface area contributed by atoms with Crippen molar-refractivity contribution in [1.82, 2.24) is 20.6 Å². The molecule has 0 fully saturated rings. The number of nitrogens with one attached hydrogen (secondary N) is 3. The molecule has 0 radical (unpaired) electrons. The molecular formula is C12H16N4O. The Morgan fingerprint density at radius 1 is 1.47 bits per heavy atom. The number of benzene rings is 1. The maximum absolute atomic E-state index is 11.4. The van der Waals surface area contributed by atoms with Crippen LogP contribution in [0.2, 0.25) is 0 Å². The third-order valence-electron chi connectivity index (χ3n) is 2.50. The van der Waals surface area contributed by atoms with Crippen molar-refractivity contribution in [3.8, 4) is 0 Å². The van der Waals surface area contributed by atoms with Gasteiger partial charge in [0.15, 0.2) is 0 Å². The van der Waals surface area contributed by atoms with E-state index in [-0.39, 0.29) is 12.1 Å². The number of rotatable bonds is 3. The number of urea groups is 1. The molecule has 3 N–H and O–H groups in total. The van der Waals surface area contributed by atoms with Crippen LogP contribution in [0.25, 0.3) is 11.0 Å². The molecule has 0 aliphatic heterocycles. The Bertz CT molecular complexity index is 487. The van der Waals surface area contributed by atoms with Gasteiger partial charge < -0.3 is 15.6 Å². The van der Waals surface area contributed by atoms with E-state index in [1.807, 2.05) is 38.1 Å². The van der Waals surface area contributed by atoms with Gasteiger partial charge in [0, 0.05) is 6.54 Å². The second kappa shape index (κ2) is 4.86. The number of hydrogen-bond acceptors (Lipinski definition) is 2. The van der Waals surface area contributed by atoms with E-state index in [2.05, 4.69) is 20.6 Å². The Morgan fingerprint density at radius 3 is 2.94 bits per heavy atom. The van der Waals surface area contributed by atoms with Gasteiger partial charge in [-0.3, -0.25) is 0 Å². The van der Waals surface area contributed by atoms with Crippen molar-refractivity contribution < 1.29 is 4.79 Å². The summed E-state index contributed by atoms with van der Waals surface area (Å²) in [4.78, 5) is 19.0. The number of imidazole rings is 1. The quantitative estimate of drug-likeness (QED) is 0.757. The Kier molecular flexibility index (Phi) is 3.27. The molecule has 0 aliphatic rings. The van der Waals surface area contributed by atoms with E-state index in [0.717, 1.165) is 16.9 Å². The molecule has 0 saturated heterocycles. The standard InChI is InChI=1S/C12H16N4O/c1-3-13-12(17)14-8(2)11-15-9-6-4-5-7-10(9)16-11/h4-8H,3H2,1-2H3,(H,15,16)(H2,13,14,17). The zero-order valence-corrected chi connectivity index (χ0v) is 9.95. The minimum Gasteiger partial charge on any atom is -0.340 e. The van der Waals surface area contributed by atoms with Gasteiger partial charge in [-0.1, -0.05) is 12.1 Å². The van der Waals surface area contributed by atoms with Gasteiger partial charge in [-0.25, -0.2) is 9.78 Å². The van der Waals surface area contributed by atoms with E-state index in [1.165, 1.54) is 0 Å². The number of carbonyl (C=O) groups excluding carboxylic acids is 1. The highest BCUT2D eigenvalue weighted by atomic mass is 16.2. The van der Waals surface area contributed by atoms with Crippen molar-refractivity contribution in [3.63, 3.8) is 0 Å². The molecule has 1 aromatic heterocycles. The SMILES string of the molecule is CCNC(=O)NC(C)c1nc2ccccc2[nH]1. The number of para-hydroxylation sites is 2. The average molecular weight is 232 g/mol. The van der Waals surface area contributed by atoms with Gasteiger partial charge in [0.1, 0.15) is 5.82 Å². The van der Waals surface area contributed by atoms with Crippen molar-refractivity contribution in [3.05, 3.63) is 30.1 Å². The highest BCUT2D eigenvalue weighted by Gasteiger charge is 2.12. The molecule has 1 aromatic carbocycles. The van der Waals surface area contributed by atoms with Crippen molar-refractivity contribution in [1.29, 1.82) is 0 Å². The van der Waals surface area contributed by atoms with Crippen molar-refractivity contribution in [2.75, 3.05) is 6.54 Å². The lowest BCUT2D eigenvalue weighted by Gasteiger charge is -2.11. The molecule has 90 valence electrons. The predicted octanol–water partition coefficient (Wildman–Crippen LogP) is 1.94. The van der Waals surface area contributed by atoms with Crippen LogP contribution in [-0.2, 0) is 0 Å². The lowest BCUT2D eigenvalue weighted by molar-refractivity contribution is 0.238. The van der Waals surface area contributed by atoms with E-state index in [9.17, 15) is 4.79 Å². The third kappa shape index (κ3) is 2.55. The summed E-state index contributed by atoms with van der Waals surface area (Å²) in [7, 11) is 0. The summed E-state index contributed by atoms with van der Waals surface area (Å²) in [6.45, 7) is 4.39. The van der Waals surface area contributed by atoms with Gasteiger partial charge in [-0.05, 0) is 26.0 Å². The molecule has 2 amide bonds. The van der Waals surface area contributed by atoms with Gasteiger partial charge in [0.2, 0.25) is 0 Å². The lowest BCUT2D eigenvalue weighted by atomic mass is 10.3. The third-order valence-corrected chi connectivity index (χ3v) is 2.50. The Labute approximate surface area is 99.6 Å².